The van der Waals surface area contributed by atoms with E-state index in [4.69, 9.17) is 5.73 Å². The van der Waals surface area contributed by atoms with Crippen LogP contribution in [0.25, 0.3) is 0 Å². The summed E-state index contributed by atoms with van der Waals surface area (Å²) in [4.78, 5) is 4.16. The Morgan fingerprint density at radius 1 is 1.25 bits per heavy atom. The average molecular weight is 164 g/mol. The molecule has 2 nitrogen and oxygen atoms in total. The number of aliphatic imine (C=N–C) groups is 1. The van der Waals surface area contributed by atoms with Gasteiger partial charge < -0.3 is 5.73 Å². The number of rotatable bonds is 3. The molecule has 0 rings (SSSR count). The van der Waals surface area contributed by atoms with E-state index >= 15 is 0 Å². The molecule has 0 heterocycles. The Kier molecular flexibility index (Phi) is 4.05. The SMILES string of the molecule is C=C(N)C(=C)/C(C)=N\C=C(C)C. The third-order valence-electron chi connectivity index (χ3n) is 1.34. The number of hydrogen-bond acceptors (Lipinski definition) is 2. The molecule has 0 amide bonds. The third kappa shape index (κ3) is 3.76. The predicted molar refractivity (Wildman–Crippen MR) is 55.0 cm³/mol. The smallest absolute Gasteiger partial charge is 0.0459 e. The Labute approximate surface area is 74.2 Å². The van der Waals surface area contributed by atoms with E-state index in [1.54, 1.807) is 6.20 Å². The van der Waals surface area contributed by atoms with Crippen LogP contribution in [0.15, 0.2) is 41.2 Å². The summed E-state index contributed by atoms with van der Waals surface area (Å²) in [6, 6.07) is 0. The van der Waals surface area contributed by atoms with Gasteiger partial charge in [0.1, 0.15) is 0 Å². The molecule has 0 bridgehead atoms. The van der Waals surface area contributed by atoms with Crippen molar-refractivity contribution in [1.29, 1.82) is 0 Å². The van der Waals surface area contributed by atoms with Gasteiger partial charge in [0, 0.05) is 23.2 Å². The quantitative estimate of drug-likeness (QED) is 0.505. The summed E-state index contributed by atoms with van der Waals surface area (Å²) in [6.45, 7) is 13.2. The second-order valence-corrected chi connectivity index (χ2v) is 2.92. The van der Waals surface area contributed by atoms with Gasteiger partial charge in [-0.3, -0.25) is 4.99 Å². The van der Waals surface area contributed by atoms with Crippen LogP contribution in [0.5, 0.6) is 0 Å². The van der Waals surface area contributed by atoms with E-state index in [2.05, 4.69) is 18.2 Å². The lowest BCUT2D eigenvalue weighted by Gasteiger charge is -2.01. The molecule has 0 aliphatic rings. The summed E-state index contributed by atoms with van der Waals surface area (Å²) < 4.78 is 0. The molecule has 12 heavy (non-hydrogen) atoms. The molecule has 0 spiro atoms. The molecule has 0 aliphatic heterocycles. The average Bonchev–Trinajstić information content (AvgIpc) is 1.98. The van der Waals surface area contributed by atoms with E-state index in [0.717, 1.165) is 11.3 Å². The molecule has 0 aromatic carbocycles. The summed E-state index contributed by atoms with van der Waals surface area (Å²) in [5.41, 5.74) is 8.57. The number of nitrogens with zero attached hydrogens (tertiary/aromatic N) is 1. The van der Waals surface area contributed by atoms with E-state index < -0.39 is 0 Å². The van der Waals surface area contributed by atoms with Crippen LogP contribution in [-0.4, -0.2) is 5.71 Å². The molecule has 66 valence electrons. The van der Waals surface area contributed by atoms with Crippen molar-refractivity contribution in [2.75, 3.05) is 0 Å². The standard InChI is InChI=1S/C10H16N2/c1-7(2)6-12-10(5)8(3)9(4)11/h6H,3-4,11H2,1-2,5H3/b12-10-. The zero-order valence-corrected chi connectivity index (χ0v) is 8.02. The first-order valence-corrected chi connectivity index (χ1v) is 3.77. The minimum atomic E-state index is 0.471. The van der Waals surface area contributed by atoms with Gasteiger partial charge in [0.25, 0.3) is 0 Å². The van der Waals surface area contributed by atoms with Crippen LogP contribution in [-0.2, 0) is 0 Å². The molecule has 0 aliphatic carbocycles. The van der Waals surface area contributed by atoms with E-state index in [9.17, 15) is 0 Å². The highest BCUT2D eigenvalue weighted by Gasteiger charge is 1.97. The molecule has 0 aromatic heterocycles. The molecule has 0 saturated heterocycles. The molecule has 0 atom stereocenters. The van der Waals surface area contributed by atoms with Gasteiger partial charge in [-0.05, 0) is 20.8 Å². The van der Waals surface area contributed by atoms with Gasteiger partial charge in [0.2, 0.25) is 0 Å². The van der Waals surface area contributed by atoms with Crippen molar-refractivity contribution >= 4 is 5.71 Å². The Hall–Kier alpha value is -1.31. The van der Waals surface area contributed by atoms with Crippen molar-refractivity contribution in [1.82, 2.24) is 0 Å². The zero-order valence-electron chi connectivity index (χ0n) is 8.02. The first-order valence-electron chi connectivity index (χ1n) is 3.77. The van der Waals surface area contributed by atoms with Crippen LogP contribution in [0.4, 0.5) is 0 Å². The van der Waals surface area contributed by atoms with Crippen molar-refractivity contribution in [2.45, 2.75) is 20.8 Å². The molecule has 2 N–H and O–H groups in total. The van der Waals surface area contributed by atoms with Gasteiger partial charge in [-0.25, -0.2) is 0 Å². The normalized spacial score (nSPS) is 10.8. The van der Waals surface area contributed by atoms with Crippen molar-refractivity contribution in [3.05, 3.63) is 36.2 Å². The lowest BCUT2D eigenvalue weighted by molar-refractivity contribution is 1.32. The lowest BCUT2D eigenvalue weighted by atomic mass is 10.1. The maximum Gasteiger partial charge on any atom is 0.0459 e. The van der Waals surface area contributed by atoms with Gasteiger partial charge >= 0.3 is 0 Å². The van der Waals surface area contributed by atoms with E-state index in [-0.39, 0.29) is 0 Å². The van der Waals surface area contributed by atoms with Crippen LogP contribution >= 0.6 is 0 Å². The number of nitrogens with two attached hydrogens (primary N) is 1. The maximum absolute atomic E-state index is 5.45. The van der Waals surface area contributed by atoms with Gasteiger partial charge in [0.05, 0.1) is 0 Å². The van der Waals surface area contributed by atoms with Crippen LogP contribution in [0, 0.1) is 0 Å². The fourth-order valence-corrected chi connectivity index (χ4v) is 0.536. The molecular weight excluding hydrogens is 148 g/mol. The van der Waals surface area contributed by atoms with Crippen LogP contribution in [0.3, 0.4) is 0 Å². The predicted octanol–water partition coefficient (Wildman–Crippen LogP) is 2.40. The fraction of sp³-hybridized carbons (Fsp3) is 0.300. The first kappa shape index (κ1) is 10.7. The second-order valence-electron chi connectivity index (χ2n) is 2.92. The highest BCUT2D eigenvalue weighted by molar-refractivity contribution is 6.01. The van der Waals surface area contributed by atoms with E-state index in [1.807, 2.05) is 20.8 Å². The van der Waals surface area contributed by atoms with Gasteiger partial charge in [0.15, 0.2) is 0 Å². The van der Waals surface area contributed by atoms with Crippen molar-refractivity contribution in [3.8, 4) is 0 Å². The highest BCUT2D eigenvalue weighted by atomic mass is 14.7. The lowest BCUT2D eigenvalue weighted by Crippen LogP contribution is -2.05. The van der Waals surface area contributed by atoms with Crippen molar-refractivity contribution in [2.24, 2.45) is 10.7 Å². The second kappa shape index (κ2) is 4.54. The summed E-state index contributed by atoms with van der Waals surface area (Å²) >= 11 is 0. The maximum atomic E-state index is 5.45. The first-order chi connectivity index (χ1) is 5.45. The molecule has 0 unspecified atom stereocenters. The summed E-state index contributed by atoms with van der Waals surface area (Å²) in [7, 11) is 0. The summed E-state index contributed by atoms with van der Waals surface area (Å²) in [5, 5.41) is 0. The van der Waals surface area contributed by atoms with Crippen LogP contribution in [0.1, 0.15) is 20.8 Å². The minimum absolute atomic E-state index is 0.471. The highest BCUT2D eigenvalue weighted by Crippen LogP contribution is 2.02. The van der Waals surface area contributed by atoms with Gasteiger partial charge in [-0.2, -0.15) is 0 Å². The monoisotopic (exact) mass is 164 g/mol. The van der Waals surface area contributed by atoms with E-state index in [1.165, 1.54) is 0 Å². The van der Waals surface area contributed by atoms with Crippen molar-refractivity contribution < 1.29 is 0 Å². The Morgan fingerprint density at radius 2 is 1.75 bits per heavy atom. The molecule has 0 aromatic rings. The largest absolute Gasteiger partial charge is 0.399 e. The number of allylic oxidation sites excluding steroid dienone is 2. The third-order valence-corrected chi connectivity index (χ3v) is 1.34. The molecule has 2 heteroatoms. The van der Waals surface area contributed by atoms with Crippen molar-refractivity contribution in [3.63, 3.8) is 0 Å². The van der Waals surface area contributed by atoms with Crippen LogP contribution < -0.4 is 5.73 Å². The molecular formula is C10H16N2. The summed E-state index contributed by atoms with van der Waals surface area (Å²) in [6.07, 6.45) is 1.78. The topological polar surface area (TPSA) is 38.4 Å². The Balaban J connectivity index is 4.49. The summed E-state index contributed by atoms with van der Waals surface area (Å²) in [5.74, 6) is 0. The molecule has 0 radical (unpaired) electrons. The van der Waals surface area contributed by atoms with Gasteiger partial charge in [-0.1, -0.05) is 18.7 Å². The van der Waals surface area contributed by atoms with Crippen LogP contribution in [0.2, 0.25) is 0 Å². The molecule has 0 fully saturated rings. The Bertz CT molecular complexity index is 253. The Morgan fingerprint density at radius 3 is 2.08 bits per heavy atom. The molecule has 0 saturated carbocycles. The zero-order chi connectivity index (χ0) is 9.72. The van der Waals surface area contributed by atoms with Gasteiger partial charge in [-0.15, -0.1) is 0 Å². The fourth-order valence-electron chi connectivity index (χ4n) is 0.536. The van der Waals surface area contributed by atoms with E-state index in [0.29, 0.717) is 11.3 Å². The minimum Gasteiger partial charge on any atom is -0.399 e. The number of hydrogen-bond donors (Lipinski definition) is 1.